The Bertz CT molecular complexity index is 582. The second-order valence-electron chi connectivity index (χ2n) is 4.52. The van der Waals surface area contributed by atoms with Crippen molar-refractivity contribution in [2.45, 2.75) is 0 Å². The molecule has 112 valence electrons. The zero-order valence-electron chi connectivity index (χ0n) is 10.8. The fourth-order valence-corrected chi connectivity index (χ4v) is 2.50. The molecule has 1 aliphatic rings. The van der Waals surface area contributed by atoms with E-state index in [0.29, 0.717) is 5.69 Å². The molecular weight excluding hydrogens is 319 g/mol. The van der Waals surface area contributed by atoms with Crippen molar-refractivity contribution < 1.29 is 14.4 Å². The van der Waals surface area contributed by atoms with Crippen LogP contribution < -0.4 is 16.4 Å². The Morgan fingerprint density at radius 3 is 2.29 bits per heavy atom. The minimum Gasteiger partial charge on any atom is -0.399 e. The molecule has 0 aliphatic carbocycles. The number of hydrogen-bond donors (Lipinski definition) is 3. The number of nitrogens with one attached hydrogen (secondary N) is 2. The number of imide groups is 1. The molecule has 0 aromatic heterocycles. The van der Waals surface area contributed by atoms with Crippen LogP contribution in [0.3, 0.4) is 0 Å². The zero-order chi connectivity index (χ0) is 15.6. The van der Waals surface area contributed by atoms with Gasteiger partial charge in [-0.25, -0.2) is 0 Å². The summed E-state index contributed by atoms with van der Waals surface area (Å²) in [5.41, 5.74) is 6.18. The van der Waals surface area contributed by atoms with E-state index in [4.69, 9.17) is 28.9 Å². The van der Waals surface area contributed by atoms with E-state index in [9.17, 15) is 14.4 Å². The van der Waals surface area contributed by atoms with Gasteiger partial charge in [0.2, 0.25) is 17.7 Å². The summed E-state index contributed by atoms with van der Waals surface area (Å²) in [6, 6.07) is 2.92. The predicted octanol–water partition coefficient (Wildman–Crippen LogP) is 0.472. The van der Waals surface area contributed by atoms with Crippen LogP contribution in [0.5, 0.6) is 0 Å². The Morgan fingerprint density at radius 2 is 1.76 bits per heavy atom. The molecule has 0 unspecified atom stereocenters. The third kappa shape index (κ3) is 4.07. The van der Waals surface area contributed by atoms with Crippen LogP contribution in [-0.4, -0.2) is 42.3 Å². The van der Waals surface area contributed by atoms with Gasteiger partial charge in [0.25, 0.3) is 0 Å². The van der Waals surface area contributed by atoms with E-state index in [-0.39, 0.29) is 35.4 Å². The Morgan fingerprint density at radius 1 is 1.24 bits per heavy atom. The molecule has 0 saturated carbocycles. The topological polar surface area (TPSA) is 105 Å². The molecule has 1 saturated heterocycles. The minimum absolute atomic E-state index is 0.0254. The average Bonchev–Trinajstić information content (AvgIpc) is 2.32. The zero-order valence-corrected chi connectivity index (χ0v) is 12.3. The normalized spacial score (nSPS) is 15.7. The first kappa shape index (κ1) is 15.6. The molecule has 21 heavy (non-hydrogen) atoms. The van der Waals surface area contributed by atoms with Crippen LogP contribution in [0.2, 0.25) is 10.0 Å². The lowest BCUT2D eigenvalue weighted by Crippen LogP contribution is -2.53. The smallest absolute Gasteiger partial charge is 0.240 e. The van der Waals surface area contributed by atoms with Crippen molar-refractivity contribution in [1.82, 2.24) is 10.2 Å². The third-order valence-corrected chi connectivity index (χ3v) is 3.31. The molecule has 1 heterocycles. The quantitative estimate of drug-likeness (QED) is 0.552. The summed E-state index contributed by atoms with van der Waals surface area (Å²) in [5, 5.41) is 5.11. The van der Waals surface area contributed by atoms with Gasteiger partial charge in [0.05, 0.1) is 35.4 Å². The van der Waals surface area contributed by atoms with Crippen LogP contribution in [-0.2, 0) is 14.4 Å². The summed E-state index contributed by atoms with van der Waals surface area (Å²) in [4.78, 5) is 35.8. The standard InChI is InChI=1S/C12H12Cl2N4O3/c13-7-1-6(15)2-8(14)12(7)17-11(21)5-18-3-9(19)16-10(20)4-18/h1-2H,3-5,15H2,(H,17,21)(H,16,19,20). The summed E-state index contributed by atoms with van der Waals surface area (Å²) >= 11 is 11.9. The maximum Gasteiger partial charge on any atom is 0.240 e. The number of anilines is 2. The van der Waals surface area contributed by atoms with E-state index in [1.807, 2.05) is 0 Å². The lowest BCUT2D eigenvalue weighted by atomic mass is 10.2. The molecule has 0 atom stereocenters. The summed E-state index contributed by atoms with van der Waals surface area (Å²) in [6.07, 6.45) is 0. The van der Waals surface area contributed by atoms with Crippen molar-refractivity contribution in [3.8, 4) is 0 Å². The van der Waals surface area contributed by atoms with Gasteiger partial charge in [-0.3, -0.25) is 24.6 Å². The van der Waals surface area contributed by atoms with E-state index in [1.165, 1.54) is 17.0 Å². The van der Waals surface area contributed by atoms with Gasteiger partial charge < -0.3 is 11.1 Å². The highest BCUT2D eigenvalue weighted by atomic mass is 35.5. The van der Waals surface area contributed by atoms with Crippen LogP contribution in [0.1, 0.15) is 0 Å². The Hall–Kier alpha value is -1.83. The SMILES string of the molecule is Nc1cc(Cl)c(NC(=O)CN2CC(=O)NC(=O)C2)c(Cl)c1. The molecule has 1 aliphatic heterocycles. The van der Waals surface area contributed by atoms with Crippen LogP contribution >= 0.6 is 23.2 Å². The fraction of sp³-hybridized carbons (Fsp3) is 0.250. The van der Waals surface area contributed by atoms with Crippen molar-refractivity contribution in [3.05, 3.63) is 22.2 Å². The number of carbonyl (C=O) groups excluding carboxylic acids is 3. The fourth-order valence-electron chi connectivity index (χ4n) is 1.90. The van der Waals surface area contributed by atoms with E-state index in [1.54, 1.807) is 0 Å². The number of amides is 3. The minimum atomic E-state index is -0.442. The van der Waals surface area contributed by atoms with Crippen molar-refractivity contribution in [2.24, 2.45) is 0 Å². The maximum atomic E-state index is 11.9. The van der Waals surface area contributed by atoms with Gasteiger partial charge in [0.1, 0.15) is 0 Å². The maximum absolute atomic E-state index is 11.9. The van der Waals surface area contributed by atoms with Gasteiger partial charge in [-0.2, -0.15) is 0 Å². The molecule has 0 bridgehead atoms. The van der Waals surface area contributed by atoms with Gasteiger partial charge in [-0.05, 0) is 12.1 Å². The number of rotatable bonds is 3. The molecule has 1 aromatic carbocycles. The summed E-state index contributed by atoms with van der Waals surface area (Å²) < 4.78 is 0. The van der Waals surface area contributed by atoms with Crippen LogP contribution in [0, 0.1) is 0 Å². The largest absolute Gasteiger partial charge is 0.399 e. The first-order valence-corrected chi connectivity index (χ1v) is 6.70. The van der Waals surface area contributed by atoms with Crippen molar-refractivity contribution in [3.63, 3.8) is 0 Å². The van der Waals surface area contributed by atoms with E-state index in [2.05, 4.69) is 10.6 Å². The number of carbonyl (C=O) groups is 3. The summed E-state index contributed by atoms with van der Waals surface area (Å²) in [7, 11) is 0. The monoisotopic (exact) mass is 330 g/mol. The third-order valence-electron chi connectivity index (χ3n) is 2.71. The molecule has 0 radical (unpaired) electrons. The summed E-state index contributed by atoms with van der Waals surface area (Å²) in [6.45, 7) is -0.180. The average molecular weight is 331 g/mol. The highest BCUT2D eigenvalue weighted by Gasteiger charge is 2.24. The second-order valence-corrected chi connectivity index (χ2v) is 5.34. The summed E-state index contributed by atoms with van der Waals surface area (Å²) in [5.74, 6) is -1.32. The predicted molar refractivity (Wildman–Crippen MR) is 79.1 cm³/mol. The number of nitrogen functional groups attached to an aromatic ring is 1. The molecular formula is C12H12Cl2N4O3. The highest BCUT2D eigenvalue weighted by Crippen LogP contribution is 2.32. The van der Waals surface area contributed by atoms with Gasteiger partial charge >= 0.3 is 0 Å². The Labute approximate surface area is 130 Å². The Kier molecular flexibility index (Phi) is 4.66. The van der Waals surface area contributed by atoms with Gasteiger partial charge in [-0.15, -0.1) is 0 Å². The van der Waals surface area contributed by atoms with E-state index in [0.717, 1.165) is 0 Å². The molecule has 1 fully saturated rings. The number of nitrogens with zero attached hydrogens (tertiary/aromatic N) is 1. The van der Waals surface area contributed by atoms with Gasteiger partial charge in [0.15, 0.2) is 0 Å². The van der Waals surface area contributed by atoms with Crippen molar-refractivity contribution in [2.75, 3.05) is 30.7 Å². The molecule has 3 amide bonds. The molecule has 7 nitrogen and oxygen atoms in total. The van der Waals surface area contributed by atoms with E-state index < -0.39 is 17.7 Å². The van der Waals surface area contributed by atoms with Crippen molar-refractivity contribution in [1.29, 1.82) is 0 Å². The molecule has 4 N–H and O–H groups in total. The molecule has 0 spiro atoms. The second kappa shape index (κ2) is 6.30. The van der Waals surface area contributed by atoms with Crippen LogP contribution in [0.15, 0.2) is 12.1 Å². The molecule has 9 heteroatoms. The number of benzene rings is 1. The van der Waals surface area contributed by atoms with Crippen LogP contribution in [0.25, 0.3) is 0 Å². The lowest BCUT2D eigenvalue weighted by Gasteiger charge is -2.24. The number of nitrogens with two attached hydrogens (primary N) is 1. The first-order chi connectivity index (χ1) is 9.85. The number of hydrogen-bond acceptors (Lipinski definition) is 5. The molecule has 1 aromatic rings. The van der Waals surface area contributed by atoms with E-state index >= 15 is 0 Å². The van der Waals surface area contributed by atoms with Gasteiger partial charge in [-0.1, -0.05) is 23.2 Å². The number of piperazine rings is 1. The van der Waals surface area contributed by atoms with Crippen molar-refractivity contribution >= 4 is 52.3 Å². The molecule has 2 rings (SSSR count). The Balaban J connectivity index is 2.02. The highest BCUT2D eigenvalue weighted by molar-refractivity contribution is 6.40. The lowest BCUT2D eigenvalue weighted by molar-refractivity contribution is -0.136. The van der Waals surface area contributed by atoms with Crippen LogP contribution in [0.4, 0.5) is 11.4 Å². The first-order valence-electron chi connectivity index (χ1n) is 5.94. The van der Waals surface area contributed by atoms with Gasteiger partial charge in [0, 0.05) is 5.69 Å². The number of halogens is 2.